The Hall–Kier alpha value is -2.15. The summed E-state index contributed by atoms with van der Waals surface area (Å²) in [5.74, 6) is 1.25. The number of aromatic nitrogens is 4. The van der Waals surface area contributed by atoms with Crippen LogP contribution in [0.1, 0.15) is 19.8 Å². The van der Waals surface area contributed by atoms with Gasteiger partial charge in [0, 0.05) is 19.2 Å². The molecule has 1 aliphatic heterocycles. The number of nitrogens with two attached hydrogens (primary N) is 1. The van der Waals surface area contributed by atoms with E-state index < -0.39 is 0 Å². The van der Waals surface area contributed by atoms with Gasteiger partial charge in [0.2, 0.25) is 11.5 Å². The molecule has 0 atom stereocenters. The zero-order valence-corrected chi connectivity index (χ0v) is 12.1. The number of hydrogen-bond acceptors (Lipinski definition) is 5. The number of piperidine rings is 1. The van der Waals surface area contributed by atoms with Crippen LogP contribution in [0.3, 0.4) is 0 Å². The number of pyridine rings is 1. The van der Waals surface area contributed by atoms with Crippen molar-refractivity contribution in [2.45, 2.75) is 19.8 Å². The van der Waals surface area contributed by atoms with Gasteiger partial charge < -0.3 is 15.6 Å². The molecule has 0 bridgehead atoms. The highest BCUT2D eigenvalue weighted by Crippen LogP contribution is 2.31. The number of anilines is 1. The number of nitrogens with zero attached hydrogens (tertiary/aromatic N) is 3. The van der Waals surface area contributed by atoms with Crippen LogP contribution in [-0.4, -0.2) is 39.8 Å². The Kier molecular flexibility index (Phi) is 3.50. The topological polar surface area (TPSA) is 104 Å². The molecular weight excluding hydrogens is 268 g/mol. The molecule has 112 valence electrons. The molecule has 1 saturated heterocycles. The minimum Gasteiger partial charge on any atom is -0.339 e. The van der Waals surface area contributed by atoms with Gasteiger partial charge in [0.15, 0.2) is 5.82 Å². The van der Waals surface area contributed by atoms with Crippen molar-refractivity contribution in [1.29, 1.82) is 0 Å². The van der Waals surface area contributed by atoms with Crippen LogP contribution in [0.4, 0.5) is 5.95 Å². The summed E-state index contributed by atoms with van der Waals surface area (Å²) in [5, 5.41) is 7.14. The molecule has 0 amide bonds. The van der Waals surface area contributed by atoms with Crippen molar-refractivity contribution in [1.82, 2.24) is 20.2 Å². The lowest BCUT2D eigenvalue weighted by Crippen LogP contribution is -2.42. The summed E-state index contributed by atoms with van der Waals surface area (Å²) in [6.07, 6.45) is 2.07. The van der Waals surface area contributed by atoms with Gasteiger partial charge in [0.25, 0.3) is 0 Å². The van der Waals surface area contributed by atoms with E-state index >= 15 is 0 Å². The molecule has 21 heavy (non-hydrogen) atoms. The number of hydrogen-bond donors (Lipinski definition) is 3. The lowest BCUT2D eigenvalue weighted by molar-refractivity contribution is 0.257. The standard InChI is InChI=1S/C14H20N6O/c1-14(9-15)5-7-20(8-6-14)13-17-12(18-19-13)10-3-2-4-11(21)16-10/h2-4H,5-9,15H2,1H3,(H,16,21)(H,17,18,19). The Labute approximate surface area is 122 Å². The summed E-state index contributed by atoms with van der Waals surface area (Å²) in [4.78, 5) is 20.7. The van der Waals surface area contributed by atoms with E-state index in [0.717, 1.165) is 25.9 Å². The molecule has 0 spiro atoms. The van der Waals surface area contributed by atoms with Crippen LogP contribution < -0.4 is 16.2 Å². The van der Waals surface area contributed by atoms with Gasteiger partial charge in [-0.2, -0.15) is 4.98 Å². The van der Waals surface area contributed by atoms with E-state index in [4.69, 9.17) is 5.73 Å². The first-order valence-corrected chi connectivity index (χ1v) is 7.17. The lowest BCUT2D eigenvalue weighted by Gasteiger charge is -2.38. The number of aromatic amines is 2. The van der Waals surface area contributed by atoms with Gasteiger partial charge >= 0.3 is 0 Å². The molecule has 2 aromatic rings. The van der Waals surface area contributed by atoms with Crippen molar-refractivity contribution < 1.29 is 0 Å². The van der Waals surface area contributed by atoms with Crippen LogP contribution >= 0.6 is 0 Å². The quantitative estimate of drug-likeness (QED) is 0.772. The highest BCUT2D eigenvalue weighted by atomic mass is 16.1. The second-order valence-corrected chi connectivity index (χ2v) is 5.91. The lowest BCUT2D eigenvalue weighted by atomic mass is 9.81. The summed E-state index contributed by atoms with van der Waals surface area (Å²) >= 11 is 0. The van der Waals surface area contributed by atoms with Crippen molar-refractivity contribution >= 4 is 5.95 Å². The third kappa shape index (κ3) is 2.82. The molecule has 7 nitrogen and oxygen atoms in total. The van der Waals surface area contributed by atoms with Crippen LogP contribution in [0.15, 0.2) is 23.0 Å². The first kappa shape index (κ1) is 13.8. The second kappa shape index (κ2) is 5.33. The SMILES string of the molecule is CC1(CN)CCN(c2n[nH]c(-c3cccc(=O)[nH]3)n2)CC1. The smallest absolute Gasteiger partial charge is 0.248 e. The molecule has 1 aliphatic rings. The van der Waals surface area contributed by atoms with Crippen molar-refractivity contribution in [3.05, 3.63) is 28.6 Å². The Morgan fingerprint density at radius 2 is 2.14 bits per heavy atom. The van der Waals surface area contributed by atoms with Gasteiger partial charge in [-0.25, -0.2) is 0 Å². The maximum atomic E-state index is 11.3. The van der Waals surface area contributed by atoms with Gasteiger partial charge in [0.1, 0.15) is 0 Å². The van der Waals surface area contributed by atoms with Crippen LogP contribution in [-0.2, 0) is 0 Å². The predicted molar refractivity (Wildman–Crippen MR) is 81.0 cm³/mol. The molecule has 0 radical (unpaired) electrons. The number of rotatable bonds is 3. The Morgan fingerprint density at radius 3 is 2.81 bits per heavy atom. The molecule has 0 aromatic carbocycles. The fraction of sp³-hybridized carbons (Fsp3) is 0.500. The Balaban J connectivity index is 1.76. The molecule has 0 aliphatic carbocycles. The highest BCUT2D eigenvalue weighted by molar-refractivity contribution is 5.50. The van der Waals surface area contributed by atoms with Gasteiger partial charge in [-0.3, -0.25) is 9.89 Å². The zero-order valence-electron chi connectivity index (χ0n) is 12.1. The van der Waals surface area contributed by atoms with Crippen molar-refractivity contribution in [3.8, 4) is 11.5 Å². The summed E-state index contributed by atoms with van der Waals surface area (Å²) in [6.45, 7) is 4.74. The van der Waals surface area contributed by atoms with E-state index in [9.17, 15) is 4.79 Å². The largest absolute Gasteiger partial charge is 0.339 e. The van der Waals surface area contributed by atoms with Crippen LogP contribution in [0.2, 0.25) is 0 Å². The first-order chi connectivity index (χ1) is 10.1. The minimum atomic E-state index is -0.151. The van der Waals surface area contributed by atoms with Gasteiger partial charge in [-0.05, 0) is 30.9 Å². The van der Waals surface area contributed by atoms with Crippen molar-refractivity contribution in [2.24, 2.45) is 11.1 Å². The summed E-state index contributed by atoms with van der Waals surface area (Å²) in [6, 6.07) is 4.97. The summed E-state index contributed by atoms with van der Waals surface area (Å²) in [5.41, 5.74) is 6.54. The monoisotopic (exact) mass is 288 g/mol. The van der Waals surface area contributed by atoms with E-state index in [1.165, 1.54) is 6.07 Å². The third-order valence-corrected chi connectivity index (χ3v) is 4.24. The van der Waals surface area contributed by atoms with Gasteiger partial charge in [-0.15, -0.1) is 5.10 Å². The average Bonchev–Trinajstić information content (AvgIpc) is 2.98. The maximum absolute atomic E-state index is 11.3. The van der Waals surface area contributed by atoms with E-state index in [1.807, 2.05) is 0 Å². The summed E-state index contributed by atoms with van der Waals surface area (Å²) in [7, 11) is 0. The minimum absolute atomic E-state index is 0.151. The fourth-order valence-corrected chi connectivity index (χ4v) is 2.55. The predicted octanol–water partition coefficient (Wildman–Crippen LogP) is 0.725. The van der Waals surface area contributed by atoms with Crippen LogP contribution in [0.5, 0.6) is 0 Å². The van der Waals surface area contributed by atoms with Crippen molar-refractivity contribution in [3.63, 3.8) is 0 Å². The second-order valence-electron chi connectivity index (χ2n) is 5.91. The van der Waals surface area contributed by atoms with E-state index in [1.54, 1.807) is 12.1 Å². The van der Waals surface area contributed by atoms with Crippen LogP contribution in [0, 0.1) is 5.41 Å². The van der Waals surface area contributed by atoms with Gasteiger partial charge in [0.05, 0.1) is 5.69 Å². The van der Waals surface area contributed by atoms with E-state index in [-0.39, 0.29) is 11.0 Å². The first-order valence-electron chi connectivity index (χ1n) is 7.17. The molecule has 0 unspecified atom stereocenters. The molecule has 7 heteroatoms. The molecule has 2 aromatic heterocycles. The maximum Gasteiger partial charge on any atom is 0.248 e. The third-order valence-electron chi connectivity index (χ3n) is 4.24. The molecule has 3 heterocycles. The average molecular weight is 288 g/mol. The highest BCUT2D eigenvalue weighted by Gasteiger charge is 2.30. The fourth-order valence-electron chi connectivity index (χ4n) is 2.55. The van der Waals surface area contributed by atoms with E-state index in [0.29, 0.717) is 24.0 Å². The van der Waals surface area contributed by atoms with Crippen molar-refractivity contribution in [2.75, 3.05) is 24.5 Å². The number of nitrogens with one attached hydrogen (secondary N) is 2. The summed E-state index contributed by atoms with van der Waals surface area (Å²) < 4.78 is 0. The van der Waals surface area contributed by atoms with Crippen LogP contribution in [0.25, 0.3) is 11.5 Å². The molecule has 4 N–H and O–H groups in total. The molecular formula is C14H20N6O. The van der Waals surface area contributed by atoms with Gasteiger partial charge in [-0.1, -0.05) is 13.0 Å². The normalized spacial score (nSPS) is 17.9. The molecule has 3 rings (SSSR count). The Bertz CT molecular complexity index is 668. The molecule has 0 saturated carbocycles. The molecule has 1 fully saturated rings. The Morgan fingerprint density at radius 1 is 1.38 bits per heavy atom. The van der Waals surface area contributed by atoms with E-state index in [2.05, 4.69) is 32.0 Å². The number of H-pyrrole nitrogens is 2. The zero-order chi connectivity index (χ0) is 14.9.